The largest absolute Gasteiger partial charge is 0.332 e. The molecule has 1 aliphatic heterocycles. The van der Waals surface area contributed by atoms with E-state index in [9.17, 15) is 9.59 Å². The van der Waals surface area contributed by atoms with Crippen molar-refractivity contribution in [2.75, 3.05) is 40.0 Å². The second-order valence-corrected chi connectivity index (χ2v) is 16.5. The normalized spacial score (nSPS) is 14.6. The molecule has 1 rings (SSSR count). The van der Waals surface area contributed by atoms with E-state index in [1.165, 1.54) is 128 Å². The molecule has 0 aliphatic carbocycles. The molecule has 1 aliphatic rings. The summed E-state index contributed by atoms with van der Waals surface area (Å²) in [5, 5.41) is 0. The van der Waals surface area contributed by atoms with Gasteiger partial charge in [-0.05, 0) is 38.0 Å². The molecule has 0 spiro atoms. The van der Waals surface area contributed by atoms with Gasteiger partial charge < -0.3 is 9.01 Å². The second kappa shape index (κ2) is 24.9. The van der Waals surface area contributed by atoms with Crippen molar-refractivity contribution in [2.45, 2.75) is 186 Å². The van der Waals surface area contributed by atoms with Crippen LogP contribution in [0.3, 0.4) is 0 Å². The van der Waals surface area contributed by atoms with Gasteiger partial charge in [0, 0.05) is 21.0 Å². The maximum absolute atomic E-state index is 14.0. The molecule has 248 valence electrons. The number of nitrogens with zero attached hydrogens (tertiary/aromatic N) is 1. The van der Waals surface area contributed by atoms with Crippen molar-refractivity contribution >= 4 is 19.7 Å². The highest BCUT2D eigenvalue weighted by atomic mass is 31.1. The van der Waals surface area contributed by atoms with Crippen LogP contribution in [0.4, 0.5) is 0 Å². The van der Waals surface area contributed by atoms with Gasteiger partial charge in [0.1, 0.15) is 6.54 Å². The third kappa shape index (κ3) is 19.2. The number of rotatable bonds is 30. The summed E-state index contributed by atoms with van der Waals surface area (Å²) in [4.78, 5) is 28.0. The molecule has 42 heavy (non-hydrogen) atoms. The summed E-state index contributed by atoms with van der Waals surface area (Å²) in [5.74, 6) is 0.155. The highest BCUT2D eigenvalue weighted by Gasteiger charge is 2.51. The van der Waals surface area contributed by atoms with Crippen LogP contribution in [0.2, 0.25) is 0 Å². The first kappa shape index (κ1) is 39.7. The predicted molar refractivity (Wildman–Crippen MR) is 185 cm³/mol. The minimum Gasteiger partial charge on any atom is -0.332 e. The summed E-state index contributed by atoms with van der Waals surface area (Å²) < 4.78 is 7.33. The number of carbonyl (C=O) groups excluding carboxylic acids is 2. The van der Waals surface area contributed by atoms with Gasteiger partial charge in [0.25, 0.3) is 0 Å². The van der Waals surface area contributed by atoms with Crippen LogP contribution in [-0.2, 0) is 14.1 Å². The summed E-state index contributed by atoms with van der Waals surface area (Å²) in [7, 11) is 5.63. The van der Waals surface area contributed by atoms with Crippen molar-refractivity contribution in [3.63, 3.8) is 0 Å². The van der Waals surface area contributed by atoms with E-state index in [0.29, 0.717) is 23.9 Å². The van der Waals surface area contributed by atoms with Gasteiger partial charge in [-0.1, -0.05) is 142 Å². The van der Waals surface area contributed by atoms with E-state index in [0.717, 1.165) is 38.0 Å². The summed E-state index contributed by atoms with van der Waals surface area (Å²) in [6, 6.07) is 0. The fourth-order valence-electron chi connectivity index (χ4n) is 6.43. The number of likely N-dealkylation sites (N-methyl/N-ethyl adjacent to an activating group) is 1. The highest BCUT2D eigenvalue weighted by Crippen LogP contribution is 2.49. The van der Waals surface area contributed by atoms with E-state index in [1.54, 1.807) is 0 Å². The molecular formula is C37H73NO3P+. The van der Waals surface area contributed by atoms with Crippen molar-refractivity contribution in [2.24, 2.45) is 0 Å². The Labute approximate surface area is 264 Å². The number of Topliss-reactive ketones (excluding diaryl/α,β-unsaturated/α-hetero) is 2. The lowest BCUT2D eigenvalue weighted by atomic mass is 9.86. The molecule has 0 atom stereocenters. The summed E-state index contributed by atoms with van der Waals surface area (Å²) >= 11 is 0. The number of hydrogen-bond acceptors (Lipinski definition) is 3. The maximum Gasteiger partial charge on any atom is 0.236 e. The van der Waals surface area contributed by atoms with Gasteiger partial charge in [0.2, 0.25) is 5.60 Å². The van der Waals surface area contributed by atoms with Crippen LogP contribution in [0, 0.1) is 0 Å². The SMILES string of the molecule is CCCCCCCCCCCCCC(=O)C(C[N+](C)(C)C)(OP1CCCC1)C(=O)CCCCCCCCCCCCC. The highest BCUT2D eigenvalue weighted by molar-refractivity contribution is 7.53. The summed E-state index contributed by atoms with van der Waals surface area (Å²) in [5.41, 5.74) is -1.23. The maximum atomic E-state index is 14.0. The van der Waals surface area contributed by atoms with Crippen molar-refractivity contribution in [3.8, 4) is 0 Å². The number of quaternary nitrogens is 1. The Kier molecular flexibility index (Phi) is 23.6. The Hall–Kier alpha value is -0.310. The first-order chi connectivity index (χ1) is 20.2. The molecule has 5 heteroatoms. The third-order valence-corrected chi connectivity index (χ3v) is 11.2. The molecule has 0 N–H and O–H groups in total. The average molecular weight is 611 g/mol. The van der Waals surface area contributed by atoms with E-state index < -0.39 is 13.7 Å². The van der Waals surface area contributed by atoms with Crippen molar-refractivity contribution in [1.29, 1.82) is 0 Å². The molecular weight excluding hydrogens is 537 g/mol. The number of carbonyl (C=O) groups is 2. The molecule has 0 aromatic carbocycles. The Morgan fingerprint density at radius 1 is 0.548 bits per heavy atom. The van der Waals surface area contributed by atoms with Crippen molar-refractivity contribution in [1.82, 2.24) is 0 Å². The topological polar surface area (TPSA) is 43.4 Å². The van der Waals surface area contributed by atoms with Gasteiger partial charge in [-0.2, -0.15) is 0 Å². The second-order valence-electron chi connectivity index (χ2n) is 14.4. The van der Waals surface area contributed by atoms with Crippen LogP contribution >= 0.6 is 8.15 Å². The Morgan fingerprint density at radius 2 is 0.857 bits per heavy atom. The van der Waals surface area contributed by atoms with E-state index in [1.807, 2.05) is 0 Å². The molecule has 0 amide bonds. The zero-order valence-corrected chi connectivity index (χ0v) is 30.0. The molecule has 0 aromatic rings. The zero-order valence-electron chi connectivity index (χ0n) is 29.1. The molecule has 0 unspecified atom stereocenters. The minimum absolute atomic E-state index is 0.0777. The van der Waals surface area contributed by atoms with E-state index in [-0.39, 0.29) is 11.6 Å². The van der Waals surface area contributed by atoms with Crippen molar-refractivity contribution < 1.29 is 18.6 Å². The summed E-state index contributed by atoms with van der Waals surface area (Å²) in [6.45, 7) is 5.02. The van der Waals surface area contributed by atoms with Crippen LogP contribution in [0.25, 0.3) is 0 Å². The predicted octanol–water partition coefficient (Wildman–Crippen LogP) is 11.2. The van der Waals surface area contributed by atoms with E-state index >= 15 is 0 Å². The number of unbranched alkanes of at least 4 members (excludes halogenated alkanes) is 20. The summed E-state index contributed by atoms with van der Waals surface area (Å²) in [6.07, 6.45) is 33.3. The molecule has 0 aromatic heterocycles. The lowest BCUT2D eigenvalue weighted by molar-refractivity contribution is -0.874. The van der Waals surface area contributed by atoms with E-state index in [2.05, 4.69) is 35.0 Å². The fraction of sp³-hybridized carbons (Fsp3) is 0.946. The lowest BCUT2D eigenvalue weighted by Gasteiger charge is -2.38. The van der Waals surface area contributed by atoms with Gasteiger partial charge in [-0.15, -0.1) is 0 Å². The monoisotopic (exact) mass is 611 g/mol. The quantitative estimate of drug-likeness (QED) is 0.0352. The van der Waals surface area contributed by atoms with Crippen LogP contribution in [0.15, 0.2) is 0 Å². The molecule has 1 fully saturated rings. The first-order valence-corrected chi connectivity index (χ1v) is 20.2. The average Bonchev–Trinajstić information content (AvgIpc) is 3.46. The molecule has 4 nitrogen and oxygen atoms in total. The van der Waals surface area contributed by atoms with Crippen LogP contribution < -0.4 is 0 Å². The standard InChI is InChI=1S/C37H73NO3P/c1-6-8-10-12-14-16-18-20-22-24-26-30-35(39)37(34-38(3,4)5,41-42-32-28-29-33-42)36(40)31-27-25-23-21-19-17-15-13-11-9-7-2/h6-34H2,1-5H3/q+1. The number of hydrogen-bond donors (Lipinski definition) is 0. The van der Waals surface area contributed by atoms with Gasteiger partial charge in [0.15, 0.2) is 11.6 Å². The lowest BCUT2D eigenvalue weighted by Crippen LogP contribution is -2.59. The third-order valence-electron chi connectivity index (χ3n) is 8.96. The molecule has 1 saturated heterocycles. The van der Waals surface area contributed by atoms with E-state index in [4.69, 9.17) is 4.52 Å². The number of ketones is 2. The van der Waals surface area contributed by atoms with Crippen molar-refractivity contribution in [3.05, 3.63) is 0 Å². The zero-order chi connectivity index (χ0) is 30.9. The Bertz CT molecular complexity index is 630. The molecule has 0 radical (unpaired) electrons. The van der Waals surface area contributed by atoms with Crippen LogP contribution in [0.5, 0.6) is 0 Å². The smallest absolute Gasteiger partial charge is 0.236 e. The minimum atomic E-state index is -1.23. The molecule has 0 bridgehead atoms. The first-order valence-electron chi connectivity index (χ1n) is 18.6. The van der Waals surface area contributed by atoms with Crippen LogP contribution in [0.1, 0.15) is 181 Å². The van der Waals surface area contributed by atoms with Gasteiger partial charge >= 0.3 is 0 Å². The molecule has 0 saturated carbocycles. The van der Waals surface area contributed by atoms with Gasteiger partial charge in [-0.25, -0.2) is 0 Å². The fourth-order valence-corrected chi connectivity index (χ4v) is 8.69. The Morgan fingerprint density at radius 3 is 1.17 bits per heavy atom. The van der Waals surface area contributed by atoms with Gasteiger partial charge in [-0.3, -0.25) is 9.59 Å². The van der Waals surface area contributed by atoms with Crippen LogP contribution in [-0.4, -0.2) is 61.7 Å². The Balaban J connectivity index is 2.56. The molecule has 1 heterocycles. The van der Waals surface area contributed by atoms with Gasteiger partial charge in [0.05, 0.1) is 21.1 Å².